The van der Waals surface area contributed by atoms with Crippen LogP contribution in [0.25, 0.3) is 0 Å². The molecule has 0 spiro atoms. The molecule has 0 N–H and O–H groups in total. The molecule has 0 heterocycles. The normalized spacial score (nSPS) is 13.2. The zero-order valence-corrected chi connectivity index (χ0v) is 9.58. The number of hydrogen-bond acceptors (Lipinski definition) is 2. The molecule has 0 aliphatic rings. The Labute approximate surface area is 90.4 Å². The Morgan fingerprint density at radius 1 is 1.36 bits per heavy atom. The van der Waals surface area contributed by atoms with Gasteiger partial charge in [-0.3, -0.25) is 0 Å². The van der Waals surface area contributed by atoms with E-state index in [1.165, 1.54) is 0 Å². The molecule has 1 unspecified atom stereocenters. The van der Waals surface area contributed by atoms with Crippen LogP contribution in [0.3, 0.4) is 0 Å². The van der Waals surface area contributed by atoms with Crippen molar-refractivity contribution in [2.24, 2.45) is 0 Å². The standard InChI is InChI=1S/C11H16ClNO/c1-13(2)8-11(14-3)9-6-4-5-7-10(9)12/h4-7,11H,8H2,1-3H3. The number of rotatable bonds is 4. The van der Waals surface area contributed by atoms with Crippen molar-refractivity contribution in [1.29, 1.82) is 0 Å². The molecule has 2 nitrogen and oxygen atoms in total. The topological polar surface area (TPSA) is 12.5 Å². The van der Waals surface area contributed by atoms with Gasteiger partial charge in [0.05, 0.1) is 6.10 Å². The third kappa shape index (κ3) is 2.98. The molecular formula is C11H16ClNO. The third-order valence-corrected chi connectivity index (χ3v) is 2.41. The van der Waals surface area contributed by atoms with Gasteiger partial charge in [0, 0.05) is 24.2 Å². The second kappa shape index (κ2) is 5.35. The van der Waals surface area contributed by atoms with Crippen LogP contribution in [0.4, 0.5) is 0 Å². The summed E-state index contributed by atoms with van der Waals surface area (Å²) in [5.41, 5.74) is 1.05. The van der Waals surface area contributed by atoms with Crippen LogP contribution in [0.1, 0.15) is 11.7 Å². The average Bonchev–Trinajstić information content (AvgIpc) is 2.15. The molecule has 0 aromatic heterocycles. The van der Waals surface area contributed by atoms with Crippen molar-refractivity contribution in [2.75, 3.05) is 27.7 Å². The maximum Gasteiger partial charge on any atom is 0.0962 e. The molecular weight excluding hydrogens is 198 g/mol. The number of likely N-dealkylation sites (N-methyl/N-ethyl adjacent to an activating group) is 1. The fourth-order valence-electron chi connectivity index (χ4n) is 1.37. The van der Waals surface area contributed by atoms with Gasteiger partial charge < -0.3 is 9.64 Å². The van der Waals surface area contributed by atoms with Crippen LogP contribution in [-0.4, -0.2) is 32.6 Å². The van der Waals surface area contributed by atoms with Crippen LogP contribution in [0.15, 0.2) is 24.3 Å². The van der Waals surface area contributed by atoms with Gasteiger partial charge in [-0.15, -0.1) is 0 Å². The molecule has 78 valence electrons. The molecule has 0 saturated carbocycles. The summed E-state index contributed by atoms with van der Waals surface area (Å²) in [6, 6.07) is 7.79. The average molecular weight is 214 g/mol. The summed E-state index contributed by atoms with van der Waals surface area (Å²) in [5, 5.41) is 0.765. The minimum Gasteiger partial charge on any atom is -0.375 e. The summed E-state index contributed by atoms with van der Waals surface area (Å²) in [7, 11) is 5.74. The minimum absolute atomic E-state index is 0.0405. The van der Waals surface area contributed by atoms with Gasteiger partial charge in [-0.1, -0.05) is 29.8 Å². The smallest absolute Gasteiger partial charge is 0.0962 e. The van der Waals surface area contributed by atoms with Gasteiger partial charge in [-0.2, -0.15) is 0 Å². The highest BCUT2D eigenvalue weighted by Crippen LogP contribution is 2.25. The molecule has 1 aromatic carbocycles. The van der Waals surface area contributed by atoms with Crippen molar-refractivity contribution in [2.45, 2.75) is 6.10 Å². The lowest BCUT2D eigenvalue weighted by Crippen LogP contribution is -2.21. The zero-order valence-electron chi connectivity index (χ0n) is 8.83. The van der Waals surface area contributed by atoms with E-state index in [-0.39, 0.29) is 6.10 Å². The van der Waals surface area contributed by atoms with E-state index in [0.29, 0.717) is 0 Å². The van der Waals surface area contributed by atoms with Crippen molar-refractivity contribution in [3.05, 3.63) is 34.9 Å². The van der Waals surface area contributed by atoms with Crippen molar-refractivity contribution in [3.63, 3.8) is 0 Å². The SMILES string of the molecule is COC(CN(C)C)c1ccccc1Cl. The fourth-order valence-corrected chi connectivity index (χ4v) is 1.63. The molecule has 0 saturated heterocycles. The summed E-state index contributed by atoms with van der Waals surface area (Å²) >= 11 is 6.08. The van der Waals surface area contributed by atoms with Gasteiger partial charge in [0.15, 0.2) is 0 Å². The molecule has 0 amide bonds. The van der Waals surface area contributed by atoms with Crippen LogP contribution in [-0.2, 0) is 4.74 Å². The lowest BCUT2D eigenvalue weighted by atomic mass is 10.1. The van der Waals surface area contributed by atoms with Gasteiger partial charge in [-0.05, 0) is 20.2 Å². The summed E-state index contributed by atoms with van der Waals surface area (Å²) < 4.78 is 5.40. The molecule has 3 heteroatoms. The van der Waals surface area contributed by atoms with Crippen LogP contribution >= 0.6 is 11.6 Å². The fraction of sp³-hybridized carbons (Fsp3) is 0.455. The Bertz CT molecular complexity index is 288. The van der Waals surface area contributed by atoms with Crippen molar-refractivity contribution in [3.8, 4) is 0 Å². The maximum absolute atomic E-state index is 6.08. The number of halogens is 1. The van der Waals surface area contributed by atoms with E-state index in [1.54, 1.807) is 7.11 Å². The summed E-state index contributed by atoms with van der Waals surface area (Å²) in [4.78, 5) is 2.08. The minimum atomic E-state index is 0.0405. The first-order valence-electron chi connectivity index (χ1n) is 4.57. The summed E-state index contributed by atoms with van der Waals surface area (Å²) in [5.74, 6) is 0. The van der Waals surface area contributed by atoms with Crippen molar-refractivity contribution < 1.29 is 4.74 Å². The molecule has 0 aliphatic heterocycles. The first kappa shape index (κ1) is 11.5. The van der Waals surface area contributed by atoms with Crippen LogP contribution in [0, 0.1) is 0 Å². The van der Waals surface area contributed by atoms with E-state index in [1.807, 2.05) is 38.4 Å². The highest BCUT2D eigenvalue weighted by Gasteiger charge is 2.13. The van der Waals surface area contributed by atoms with E-state index in [0.717, 1.165) is 17.1 Å². The quantitative estimate of drug-likeness (QED) is 0.763. The van der Waals surface area contributed by atoms with Gasteiger partial charge >= 0.3 is 0 Å². The van der Waals surface area contributed by atoms with E-state index in [4.69, 9.17) is 16.3 Å². The molecule has 0 bridgehead atoms. The second-order valence-corrected chi connectivity index (χ2v) is 3.92. The van der Waals surface area contributed by atoms with E-state index < -0.39 is 0 Å². The van der Waals surface area contributed by atoms with Gasteiger partial charge in [0.25, 0.3) is 0 Å². The van der Waals surface area contributed by atoms with Crippen molar-refractivity contribution >= 4 is 11.6 Å². The number of methoxy groups -OCH3 is 1. The molecule has 0 radical (unpaired) electrons. The highest BCUT2D eigenvalue weighted by molar-refractivity contribution is 6.31. The first-order chi connectivity index (χ1) is 6.65. The Morgan fingerprint density at radius 3 is 2.50 bits per heavy atom. The Hall–Kier alpha value is -0.570. The third-order valence-electron chi connectivity index (χ3n) is 2.07. The number of ether oxygens (including phenoxy) is 1. The van der Waals surface area contributed by atoms with Crippen molar-refractivity contribution in [1.82, 2.24) is 4.90 Å². The largest absolute Gasteiger partial charge is 0.375 e. The predicted octanol–water partition coefficient (Wildman–Crippen LogP) is 2.59. The number of nitrogens with zero attached hydrogens (tertiary/aromatic N) is 1. The van der Waals surface area contributed by atoms with Crippen LogP contribution in [0.2, 0.25) is 5.02 Å². The molecule has 0 fully saturated rings. The van der Waals surface area contributed by atoms with E-state index in [2.05, 4.69) is 4.90 Å². The summed E-state index contributed by atoms with van der Waals surface area (Å²) in [6.45, 7) is 0.834. The summed E-state index contributed by atoms with van der Waals surface area (Å²) in [6.07, 6.45) is 0.0405. The zero-order chi connectivity index (χ0) is 10.6. The van der Waals surface area contributed by atoms with E-state index >= 15 is 0 Å². The van der Waals surface area contributed by atoms with Gasteiger partial charge in [-0.25, -0.2) is 0 Å². The number of benzene rings is 1. The lowest BCUT2D eigenvalue weighted by molar-refractivity contribution is 0.0785. The van der Waals surface area contributed by atoms with E-state index in [9.17, 15) is 0 Å². The lowest BCUT2D eigenvalue weighted by Gasteiger charge is -2.20. The maximum atomic E-state index is 6.08. The molecule has 0 aliphatic carbocycles. The van der Waals surface area contributed by atoms with Crippen LogP contribution in [0.5, 0.6) is 0 Å². The Kier molecular flexibility index (Phi) is 4.39. The molecule has 1 aromatic rings. The van der Waals surface area contributed by atoms with Gasteiger partial charge in [0.1, 0.15) is 0 Å². The molecule has 1 rings (SSSR count). The monoisotopic (exact) mass is 213 g/mol. The van der Waals surface area contributed by atoms with Gasteiger partial charge in [0.2, 0.25) is 0 Å². The first-order valence-corrected chi connectivity index (χ1v) is 4.95. The molecule has 14 heavy (non-hydrogen) atoms. The van der Waals surface area contributed by atoms with Crippen LogP contribution < -0.4 is 0 Å². The Morgan fingerprint density at radius 2 is 2.00 bits per heavy atom. The number of hydrogen-bond donors (Lipinski definition) is 0. The highest BCUT2D eigenvalue weighted by atomic mass is 35.5. The Balaban J connectivity index is 2.83. The molecule has 1 atom stereocenters. The predicted molar refractivity (Wildman–Crippen MR) is 59.8 cm³/mol. The second-order valence-electron chi connectivity index (χ2n) is 3.51.